The Kier molecular flexibility index (Phi) is 8.39. The summed E-state index contributed by atoms with van der Waals surface area (Å²) in [6.45, 7) is 5.84. The molecule has 2 aliphatic rings. The molecule has 0 radical (unpaired) electrons. The van der Waals surface area contributed by atoms with Crippen LogP contribution in [0.15, 0.2) is 78.4 Å². The number of halogens is 3. The van der Waals surface area contributed by atoms with Gasteiger partial charge in [0.25, 0.3) is 5.91 Å². The van der Waals surface area contributed by atoms with Crippen molar-refractivity contribution in [3.63, 3.8) is 0 Å². The van der Waals surface area contributed by atoms with Crippen molar-refractivity contribution in [2.45, 2.75) is 63.6 Å². The number of benzene rings is 3. The van der Waals surface area contributed by atoms with E-state index in [0.29, 0.717) is 40.3 Å². The number of carbonyl (C=O) groups excluding carboxylic acids is 1. The summed E-state index contributed by atoms with van der Waals surface area (Å²) in [6, 6.07) is 15.0. The summed E-state index contributed by atoms with van der Waals surface area (Å²) < 4.78 is 58.4. The third-order valence-corrected chi connectivity index (χ3v) is 8.21. The van der Waals surface area contributed by atoms with Crippen molar-refractivity contribution in [3.05, 3.63) is 106 Å². The molecule has 2 aliphatic heterocycles. The van der Waals surface area contributed by atoms with Crippen LogP contribution in [0.3, 0.4) is 0 Å². The molecule has 2 heterocycles. The van der Waals surface area contributed by atoms with E-state index < -0.39 is 35.0 Å². The fourth-order valence-corrected chi connectivity index (χ4v) is 5.91. The maximum atomic E-state index is 14.2. The number of alkyl halides is 3. The van der Waals surface area contributed by atoms with Crippen LogP contribution in [0.25, 0.3) is 6.08 Å². The highest BCUT2D eigenvalue weighted by atomic mass is 19.4. The number of nitrogens with zero attached hydrogens (tertiary/aromatic N) is 1. The largest absolute Gasteiger partial charge is 0.497 e. The zero-order chi connectivity index (χ0) is 31.9. The molecule has 0 unspecified atom stereocenters. The molecule has 9 heteroatoms. The summed E-state index contributed by atoms with van der Waals surface area (Å²) in [5.74, 6) is 0.334. The summed E-state index contributed by atoms with van der Waals surface area (Å²) in [6.07, 6.45) is 1.48. The minimum absolute atomic E-state index is 0.180. The van der Waals surface area contributed by atoms with Crippen molar-refractivity contribution in [3.8, 4) is 11.5 Å². The van der Waals surface area contributed by atoms with Crippen molar-refractivity contribution in [2.24, 2.45) is 0 Å². The first-order valence-corrected chi connectivity index (χ1v) is 14.4. The van der Waals surface area contributed by atoms with E-state index in [4.69, 9.17) is 14.2 Å². The van der Waals surface area contributed by atoms with Crippen LogP contribution in [-0.4, -0.2) is 36.9 Å². The van der Waals surface area contributed by atoms with Crippen LogP contribution in [0, 0.1) is 0 Å². The number of carbonyl (C=O) groups is 1. The molecule has 1 amide bonds. The van der Waals surface area contributed by atoms with E-state index in [1.54, 1.807) is 36.4 Å². The number of ether oxygens (including phenoxy) is 3. The van der Waals surface area contributed by atoms with Gasteiger partial charge in [-0.2, -0.15) is 13.2 Å². The van der Waals surface area contributed by atoms with E-state index in [-0.39, 0.29) is 12.1 Å². The molecule has 0 spiro atoms. The molecule has 0 aliphatic carbocycles. The topological polar surface area (TPSA) is 68.2 Å². The van der Waals surface area contributed by atoms with Gasteiger partial charge in [0.05, 0.1) is 30.5 Å². The van der Waals surface area contributed by atoms with E-state index in [9.17, 15) is 23.1 Å². The number of fused-ring (bicyclic) bond motifs is 3. The summed E-state index contributed by atoms with van der Waals surface area (Å²) in [7, 11) is 2.85. The fourth-order valence-electron chi connectivity index (χ4n) is 5.91. The molecule has 3 aromatic carbocycles. The maximum absolute atomic E-state index is 14.2. The van der Waals surface area contributed by atoms with E-state index in [2.05, 4.69) is 6.08 Å². The smallest absolute Gasteiger partial charge is 0.416 e. The van der Waals surface area contributed by atoms with Crippen LogP contribution >= 0.6 is 0 Å². The lowest BCUT2D eigenvalue weighted by molar-refractivity contribution is -0.146. The molecule has 3 atom stereocenters. The van der Waals surface area contributed by atoms with Crippen LogP contribution < -0.4 is 14.4 Å². The van der Waals surface area contributed by atoms with Gasteiger partial charge in [0, 0.05) is 12.7 Å². The second kappa shape index (κ2) is 11.8. The van der Waals surface area contributed by atoms with Gasteiger partial charge < -0.3 is 24.2 Å². The Morgan fingerprint density at radius 1 is 1.09 bits per heavy atom. The molecule has 5 rings (SSSR count). The summed E-state index contributed by atoms with van der Waals surface area (Å²) >= 11 is 0. The third kappa shape index (κ3) is 5.74. The summed E-state index contributed by atoms with van der Waals surface area (Å²) in [5.41, 5.74) is -0.407. The molecule has 0 fully saturated rings. The highest BCUT2D eigenvalue weighted by Crippen LogP contribution is 2.52. The minimum Gasteiger partial charge on any atom is -0.497 e. The molecule has 0 aromatic heterocycles. The Balaban J connectivity index is 1.70. The number of hydrogen-bond acceptors (Lipinski definition) is 5. The van der Waals surface area contributed by atoms with E-state index in [0.717, 1.165) is 18.6 Å². The normalized spacial score (nSPS) is 22.6. The van der Waals surface area contributed by atoms with Crippen molar-refractivity contribution >= 4 is 17.7 Å². The van der Waals surface area contributed by atoms with Crippen LogP contribution in [0.4, 0.5) is 18.9 Å². The minimum atomic E-state index is -4.54. The molecule has 6 nitrogen and oxygen atoms in total. The average Bonchev–Trinajstić information content (AvgIpc) is 2.98. The molecule has 0 saturated carbocycles. The van der Waals surface area contributed by atoms with Gasteiger partial charge in [-0.1, -0.05) is 42.0 Å². The van der Waals surface area contributed by atoms with Gasteiger partial charge in [0.15, 0.2) is 11.7 Å². The maximum Gasteiger partial charge on any atom is 0.416 e. The Morgan fingerprint density at radius 2 is 1.82 bits per heavy atom. The van der Waals surface area contributed by atoms with Gasteiger partial charge >= 0.3 is 6.18 Å². The van der Waals surface area contributed by atoms with E-state index >= 15 is 0 Å². The quantitative estimate of drug-likeness (QED) is 0.270. The average molecular weight is 608 g/mol. The van der Waals surface area contributed by atoms with Crippen LogP contribution in [0.2, 0.25) is 0 Å². The highest BCUT2D eigenvalue weighted by Gasteiger charge is 2.55. The Hall–Kier alpha value is -4.08. The van der Waals surface area contributed by atoms with Gasteiger partial charge in [-0.15, -0.1) is 0 Å². The lowest BCUT2D eigenvalue weighted by atomic mass is 9.75. The van der Waals surface area contributed by atoms with Crippen LogP contribution in [0.1, 0.15) is 61.4 Å². The van der Waals surface area contributed by atoms with Crippen molar-refractivity contribution < 1.29 is 37.3 Å². The first-order valence-electron chi connectivity index (χ1n) is 14.4. The van der Waals surface area contributed by atoms with Gasteiger partial charge in [-0.3, -0.25) is 4.79 Å². The Bertz CT molecular complexity index is 1610. The predicted molar refractivity (Wildman–Crippen MR) is 163 cm³/mol. The lowest BCUT2D eigenvalue weighted by Gasteiger charge is -2.46. The molecule has 44 heavy (non-hydrogen) atoms. The number of methoxy groups -OCH3 is 2. The number of aliphatic hydroxyl groups is 1. The number of hydrogen-bond donors (Lipinski definition) is 1. The van der Waals surface area contributed by atoms with E-state index in [1.807, 2.05) is 32.9 Å². The van der Waals surface area contributed by atoms with Crippen LogP contribution in [0.5, 0.6) is 11.5 Å². The number of rotatable bonds is 8. The predicted octanol–water partition coefficient (Wildman–Crippen LogP) is 7.42. The van der Waals surface area contributed by atoms with Crippen LogP contribution in [-0.2, 0) is 27.9 Å². The zero-order valence-electron chi connectivity index (χ0n) is 25.4. The second-order valence-corrected chi connectivity index (χ2v) is 11.7. The second-order valence-electron chi connectivity index (χ2n) is 11.7. The van der Waals surface area contributed by atoms with E-state index in [1.165, 1.54) is 36.8 Å². The van der Waals surface area contributed by atoms with Gasteiger partial charge in [0.2, 0.25) is 0 Å². The molecule has 0 bridgehead atoms. The number of anilines is 1. The van der Waals surface area contributed by atoms with Crippen molar-refractivity contribution in [2.75, 3.05) is 19.1 Å². The molecule has 1 N–H and O–H groups in total. The Morgan fingerprint density at radius 3 is 2.45 bits per heavy atom. The van der Waals surface area contributed by atoms with Gasteiger partial charge in [-0.05, 0) is 87.2 Å². The monoisotopic (exact) mass is 607 g/mol. The highest BCUT2D eigenvalue weighted by molar-refractivity contribution is 6.03. The SMILES string of the molecule is COc1ccc([C@]2(O)c3c(ccc4c3O[C@@](C)(CCC=C(C)C)C=C4)N(Cc3cccc(C(F)(F)F)c3)C(=O)[C@H]2OC)cc1. The van der Waals surface area contributed by atoms with Crippen molar-refractivity contribution in [1.29, 1.82) is 0 Å². The summed E-state index contributed by atoms with van der Waals surface area (Å²) in [5, 5.41) is 12.7. The third-order valence-electron chi connectivity index (χ3n) is 8.21. The summed E-state index contributed by atoms with van der Waals surface area (Å²) in [4.78, 5) is 15.5. The molecule has 3 aromatic rings. The fraction of sp³-hybridized carbons (Fsp3) is 0.343. The first-order chi connectivity index (χ1) is 20.8. The number of amides is 1. The molecular weight excluding hydrogens is 571 g/mol. The molecular formula is C35H36F3NO5. The van der Waals surface area contributed by atoms with Gasteiger partial charge in [-0.25, -0.2) is 0 Å². The standard InChI is InChI=1S/C35H36F3NO5/c1-22(2)8-7-18-33(3)19-17-24-11-16-28-29(30(24)44-33)34(41,25-12-14-27(42-4)15-13-25)31(43-5)32(40)39(28)21-23-9-6-10-26(20-23)35(36,37)38/h6,8-17,19-20,31,41H,7,18,21H2,1-5H3/t31-,33+,34+/m1/s1. The molecule has 232 valence electrons. The Labute approximate surface area is 255 Å². The van der Waals surface area contributed by atoms with Gasteiger partial charge in [0.1, 0.15) is 17.1 Å². The van der Waals surface area contributed by atoms with Crippen molar-refractivity contribution in [1.82, 2.24) is 0 Å². The first kappa shape index (κ1) is 31.3. The molecule has 0 saturated heterocycles. The number of allylic oxidation sites excluding steroid dienone is 2. The zero-order valence-corrected chi connectivity index (χ0v) is 25.4. The lowest BCUT2D eigenvalue weighted by Crippen LogP contribution is -2.57.